The number of thioether (sulfide) groups is 1. The Labute approximate surface area is 174 Å². The molecule has 0 atom stereocenters. The molecule has 2 aliphatic rings. The fraction of sp³-hybridized carbons (Fsp3) is 0.500. The summed E-state index contributed by atoms with van der Waals surface area (Å²) in [6.45, 7) is 0.815. The van der Waals surface area contributed by atoms with Gasteiger partial charge in [-0.1, -0.05) is 49.2 Å². The van der Waals surface area contributed by atoms with Crippen LogP contribution in [-0.4, -0.2) is 38.0 Å². The average molecular weight is 410 g/mol. The first kappa shape index (κ1) is 18.7. The quantitative estimate of drug-likeness (QED) is 0.561. The molecule has 1 aromatic carbocycles. The van der Waals surface area contributed by atoms with Crippen molar-refractivity contribution in [2.24, 2.45) is 5.92 Å². The summed E-state index contributed by atoms with van der Waals surface area (Å²) in [5, 5.41) is 14.1. The molecule has 0 radical (unpaired) electrons. The van der Waals surface area contributed by atoms with Crippen LogP contribution < -0.4 is 5.32 Å². The second-order valence-corrected chi connectivity index (χ2v) is 9.19. The monoisotopic (exact) mass is 409 g/mol. The highest BCUT2D eigenvalue weighted by Gasteiger charge is 2.31. The predicted molar refractivity (Wildman–Crippen MR) is 116 cm³/mol. The molecule has 6 nitrogen and oxygen atoms in total. The van der Waals surface area contributed by atoms with Gasteiger partial charge in [0.25, 0.3) is 0 Å². The zero-order chi connectivity index (χ0) is 19.6. The number of rotatable bonds is 7. The number of carbonyl (C=O) groups excluding carboxylic acids is 1. The maximum atomic E-state index is 12.4. The van der Waals surface area contributed by atoms with Crippen LogP contribution in [0.15, 0.2) is 35.6 Å². The summed E-state index contributed by atoms with van der Waals surface area (Å²) in [5.41, 5.74) is 2.18. The summed E-state index contributed by atoms with van der Waals surface area (Å²) in [6.07, 6.45) is 10.8. The number of para-hydroxylation sites is 1. The summed E-state index contributed by atoms with van der Waals surface area (Å²) in [4.78, 5) is 15.7. The number of amides is 1. The van der Waals surface area contributed by atoms with Crippen molar-refractivity contribution in [3.8, 4) is 11.4 Å². The third kappa shape index (κ3) is 4.06. The molecule has 2 fully saturated rings. The van der Waals surface area contributed by atoms with Gasteiger partial charge in [0.1, 0.15) is 0 Å². The van der Waals surface area contributed by atoms with Crippen LogP contribution in [0.2, 0.25) is 0 Å². The molecule has 1 amide bonds. The van der Waals surface area contributed by atoms with Gasteiger partial charge in [0.2, 0.25) is 5.91 Å². The minimum atomic E-state index is 0.0968. The molecule has 2 N–H and O–H groups in total. The molecule has 2 aliphatic carbocycles. The molecule has 0 bridgehead atoms. The van der Waals surface area contributed by atoms with E-state index in [-0.39, 0.29) is 5.91 Å². The van der Waals surface area contributed by atoms with Gasteiger partial charge in [0.05, 0.1) is 5.75 Å². The molecule has 0 spiro atoms. The van der Waals surface area contributed by atoms with Crippen molar-refractivity contribution in [3.63, 3.8) is 0 Å². The molecule has 152 valence electrons. The number of benzene rings is 1. The molecule has 2 aromatic heterocycles. The maximum Gasteiger partial charge on any atom is 0.230 e. The Morgan fingerprint density at radius 1 is 1.14 bits per heavy atom. The SMILES string of the molecule is O=C(CSc1nnc(-c2c[nH]c3ccccc23)n1C1CC1)NCC1CCCCC1. The number of hydrogen-bond acceptors (Lipinski definition) is 4. The molecular formula is C22H27N5OS. The molecule has 7 heteroatoms. The first-order valence-corrected chi connectivity index (χ1v) is 11.7. The van der Waals surface area contributed by atoms with Crippen molar-refractivity contribution < 1.29 is 4.79 Å². The van der Waals surface area contributed by atoms with Crippen LogP contribution in [0.5, 0.6) is 0 Å². The first-order valence-electron chi connectivity index (χ1n) is 10.7. The van der Waals surface area contributed by atoms with E-state index in [1.807, 2.05) is 18.3 Å². The summed E-state index contributed by atoms with van der Waals surface area (Å²) in [5.74, 6) is 2.04. The van der Waals surface area contributed by atoms with Gasteiger partial charge in [0, 0.05) is 35.2 Å². The smallest absolute Gasteiger partial charge is 0.230 e. The largest absolute Gasteiger partial charge is 0.360 e. The summed E-state index contributed by atoms with van der Waals surface area (Å²) >= 11 is 1.50. The van der Waals surface area contributed by atoms with Gasteiger partial charge in [-0.2, -0.15) is 0 Å². The Balaban J connectivity index is 1.28. The molecule has 0 aliphatic heterocycles. The van der Waals surface area contributed by atoms with E-state index in [0.29, 0.717) is 17.7 Å². The second kappa shape index (κ2) is 8.22. The van der Waals surface area contributed by atoms with E-state index in [0.717, 1.165) is 46.8 Å². The number of hydrogen-bond donors (Lipinski definition) is 2. The van der Waals surface area contributed by atoms with Crippen LogP contribution in [0.4, 0.5) is 0 Å². The lowest BCUT2D eigenvalue weighted by atomic mass is 9.89. The lowest BCUT2D eigenvalue weighted by molar-refractivity contribution is -0.118. The zero-order valence-electron chi connectivity index (χ0n) is 16.6. The van der Waals surface area contributed by atoms with Crippen molar-refractivity contribution >= 4 is 28.6 Å². The summed E-state index contributed by atoms with van der Waals surface area (Å²) in [6, 6.07) is 8.70. The maximum absolute atomic E-state index is 12.4. The molecule has 0 unspecified atom stereocenters. The van der Waals surface area contributed by atoms with Crippen molar-refractivity contribution in [1.29, 1.82) is 0 Å². The van der Waals surface area contributed by atoms with E-state index < -0.39 is 0 Å². The lowest BCUT2D eigenvalue weighted by Crippen LogP contribution is -2.31. The third-order valence-electron chi connectivity index (χ3n) is 6.05. The van der Waals surface area contributed by atoms with Gasteiger partial charge < -0.3 is 10.3 Å². The van der Waals surface area contributed by atoms with E-state index in [2.05, 4.69) is 37.2 Å². The fourth-order valence-corrected chi connectivity index (χ4v) is 5.14. The van der Waals surface area contributed by atoms with Crippen LogP contribution >= 0.6 is 11.8 Å². The molecule has 0 saturated heterocycles. The number of H-pyrrole nitrogens is 1. The van der Waals surface area contributed by atoms with Crippen LogP contribution in [0.3, 0.4) is 0 Å². The number of aromatic amines is 1. The van der Waals surface area contributed by atoms with E-state index >= 15 is 0 Å². The minimum Gasteiger partial charge on any atom is -0.360 e. The van der Waals surface area contributed by atoms with Crippen LogP contribution in [0, 0.1) is 5.92 Å². The second-order valence-electron chi connectivity index (χ2n) is 8.25. The van der Waals surface area contributed by atoms with Crippen molar-refractivity contribution in [1.82, 2.24) is 25.1 Å². The summed E-state index contributed by atoms with van der Waals surface area (Å²) < 4.78 is 2.23. The van der Waals surface area contributed by atoms with Gasteiger partial charge >= 0.3 is 0 Å². The minimum absolute atomic E-state index is 0.0968. The Bertz CT molecular complexity index is 1000. The van der Waals surface area contributed by atoms with E-state index in [1.165, 1.54) is 43.9 Å². The van der Waals surface area contributed by atoms with Crippen molar-refractivity contribution in [2.75, 3.05) is 12.3 Å². The highest BCUT2D eigenvalue weighted by atomic mass is 32.2. The highest BCUT2D eigenvalue weighted by molar-refractivity contribution is 7.99. The summed E-state index contributed by atoms with van der Waals surface area (Å²) in [7, 11) is 0. The zero-order valence-corrected chi connectivity index (χ0v) is 17.4. The van der Waals surface area contributed by atoms with Gasteiger partial charge in [-0.15, -0.1) is 10.2 Å². The standard InChI is InChI=1S/C22H27N5OS/c28-20(24-12-15-6-2-1-3-7-15)14-29-22-26-25-21(27(22)16-10-11-16)18-13-23-19-9-5-4-8-17(18)19/h4-5,8-9,13,15-16,23H,1-3,6-7,10-12,14H2,(H,24,28). The van der Waals surface area contributed by atoms with Gasteiger partial charge in [-0.3, -0.25) is 9.36 Å². The highest BCUT2D eigenvalue weighted by Crippen LogP contribution is 2.42. The van der Waals surface area contributed by atoms with Crippen LogP contribution in [0.25, 0.3) is 22.3 Å². The Morgan fingerprint density at radius 2 is 1.97 bits per heavy atom. The Morgan fingerprint density at radius 3 is 2.79 bits per heavy atom. The topological polar surface area (TPSA) is 75.6 Å². The number of aromatic nitrogens is 4. The number of nitrogens with zero attached hydrogens (tertiary/aromatic N) is 3. The molecule has 2 saturated carbocycles. The van der Waals surface area contributed by atoms with Gasteiger partial charge in [-0.05, 0) is 37.7 Å². The number of carbonyl (C=O) groups is 1. The fourth-order valence-electron chi connectivity index (χ4n) is 4.31. The van der Waals surface area contributed by atoms with Crippen molar-refractivity contribution in [2.45, 2.75) is 56.1 Å². The Kier molecular flexibility index (Phi) is 5.31. The van der Waals surface area contributed by atoms with Crippen LogP contribution in [0.1, 0.15) is 51.0 Å². The van der Waals surface area contributed by atoms with Gasteiger partial charge in [-0.25, -0.2) is 0 Å². The lowest BCUT2D eigenvalue weighted by Gasteiger charge is -2.21. The third-order valence-corrected chi connectivity index (χ3v) is 6.99. The van der Waals surface area contributed by atoms with Crippen LogP contribution in [-0.2, 0) is 4.79 Å². The predicted octanol–water partition coefficient (Wildman–Crippen LogP) is 4.55. The number of fused-ring (bicyclic) bond motifs is 1. The van der Waals surface area contributed by atoms with Gasteiger partial charge in [0.15, 0.2) is 11.0 Å². The van der Waals surface area contributed by atoms with E-state index in [4.69, 9.17) is 0 Å². The number of nitrogens with one attached hydrogen (secondary N) is 2. The molecule has 5 rings (SSSR count). The van der Waals surface area contributed by atoms with E-state index in [9.17, 15) is 4.79 Å². The average Bonchev–Trinajstić information content (AvgIpc) is 3.37. The molecule has 2 heterocycles. The normalized spacial score (nSPS) is 17.7. The molecular weight excluding hydrogens is 382 g/mol. The van der Waals surface area contributed by atoms with E-state index in [1.54, 1.807) is 0 Å². The molecule has 3 aromatic rings. The van der Waals surface area contributed by atoms with Crippen molar-refractivity contribution in [3.05, 3.63) is 30.5 Å². The molecule has 29 heavy (non-hydrogen) atoms. The first-order chi connectivity index (χ1) is 14.3. The Hall–Kier alpha value is -2.28.